The van der Waals surface area contributed by atoms with Crippen LogP contribution in [0.15, 0.2) is 59.5 Å². The van der Waals surface area contributed by atoms with E-state index in [4.69, 9.17) is 0 Å². The van der Waals surface area contributed by atoms with Gasteiger partial charge >= 0.3 is 12.2 Å². The Morgan fingerprint density at radius 3 is 2.35 bits per heavy atom. The smallest absolute Gasteiger partial charge is 0.337 e. The Balaban J connectivity index is 1.49. The lowest BCUT2D eigenvalue weighted by Crippen LogP contribution is -2.61. The van der Waals surface area contributed by atoms with Crippen molar-refractivity contribution in [1.29, 1.82) is 0 Å². The molecule has 1 saturated carbocycles. The van der Waals surface area contributed by atoms with E-state index in [0.717, 1.165) is 43.9 Å². The molecule has 40 heavy (non-hydrogen) atoms. The predicted octanol–water partition coefficient (Wildman–Crippen LogP) is 4.17. The van der Waals surface area contributed by atoms with Crippen molar-refractivity contribution in [2.45, 2.75) is 74.6 Å². The lowest BCUT2D eigenvalue weighted by molar-refractivity contribution is -0.138. The van der Waals surface area contributed by atoms with Crippen molar-refractivity contribution in [3.05, 3.63) is 65.7 Å². The Kier molecular flexibility index (Phi) is 9.40. The number of nitrogens with one attached hydrogen (secondary N) is 2. The lowest BCUT2D eigenvalue weighted by Gasteiger charge is -2.41. The number of nitrogens with zero attached hydrogens (tertiary/aromatic N) is 2. The summed E-state index contributed by atoms with van der Waals surface area (Å²) in [7, 11) is -4.47. The zero-order valence-electron chi connectivity index (χ0n) is 22.4. The van der Waals surface area contributed by atoms with Crippen LogP contribution in [-0.2, 0) is 27.4 Å². The first-order valence-electron chi connectivity index (χ1n) is 13.5. The second-order valence-electron chi connectivity index (χ2n) is 10.5. The molecule has 1 saturated heterocycles. The number of sulfonamides is 1. The van der Waals surface area contributed by atoms with Gasteiger partial charge in [-0.3, -0.25) is 4.79 Å². The fourth-order valence-corrected chi connectivity index (χ4v) is 6.54. The quantitative estimate of drug-likeness (QED) is 0.514. The molecule has 2 aromatic carbocycles. The average Bonchev–Trinajstić information content (AvgIpc) is 2.93. The monoisotopic (exact) mass is 580 g/mol. The van der Waals surface area contributed by atoms with Gasteiger partial charge in [0.05, 0.1) is 10.5 Å². The van der Waals surface area contributed by atoms with Gasteiger partial charge in [-0.05, 0) is 49.9 Å². The highest BCUT2D eigenvalue weighted by Crippen LogP contribution is 2.30. The summed E-state index contributed by atoms with van der Waals surface area (Å²) in [4.78, 5) is 29.2. The van der Waals surface area contributed by atoms with Gasteiger partial charge in [0, 0.05) is 31.7 Å². The highest BCUT2D eigenvalue weighted by atomic mass is 32.2. The van der Waals surface area contributed by atoms with E-state index in [1.807, 2.05) is 6.92 Å². The van der Waals surface area contributed by atoms with Crippen LogP contribution in [0.4, 0.5) is 18.0 Å². The van der Waals surface area contributed by atoms with Gasteiger partial charge in [0.2, 0.25) is 15.9 Å². The van der Waals surface area contributed by atoms with Gasteiger partial charge in [-0.15, -0.1) is 0 Å². The molecular formula is C28H35F3N4O4S. The van der Waals surface area contributed by atoms with Crippen LogP contribution < -0.4 is 10.0 Å². The molecule has 0 spiro atoms. The summed E-state index contributed by atoms with van der Waals surface area (Å²) in [6.07, 6.45) is 0.533. The molecule has 2 aromatic rings. The third kappa shape index (κ3) is 7.54. The zero-order chi connectivity index (χ0) is 28.9. The first-order valence-corrected chi connectivity index (χ1v) is 15.0. The second-order valence-corrected chi connectivity index (χ2v) is 12.2. The Morgan fingerprint density at radius 1 is 1.00 bits per heavy atom. The molecule has 2 unspecified atom stereocenters. The van der Waals surface area contributed by atoms with E-state index in [-0.39, 0.29) is 44.2 Å². The van der Waals surface area contributed by atoms with Crippen molar-refractivity contribution in [2.75, 3.05) is 19.6 Å². The molecule has 2 atom stereocenters. The maximum Gasteiger partial charge on any atom is 0.416 e. The summed E-state index contributed by atoms with van der Waals surface area (Å²) in [6, 6.07) is 10.6. The minimum atomic E-state index is -4.72. The average molecular weight is 581 g/mol. The highest BCUT2D eigenvalue weighted by Gasteiger charge is 2.36. The molecular weight excluding hydrogens is 545 g/mol. The number of hydrogen-bond donors (Lipinski definition) is 2. The van der Waals surface area contributed by atoms with Gasteiger partial charge < -0.3 is 15.1 Å². The molecule has 0 bridgehead atoms. The summed E-state index contributed by atoms with van der Waals surface area (Å²) >= 11 is 0. The van der Waals surface area contributed by atoms with Crippen LogP contribution in [0.25, 0.3) is 0 Å². The normalized spacial score (nSPS) is 19.8. The van der Waals surface area contributed by atoms with Crippen molar-refractivity contribution in [3.63, 3.8) is 0 Å². The zero-order valence-corrected chi connectivity index (χ0v) is 23.2. The molecule has 0 aromatic heterocycles. The molecule has 4 rings (SSSR count). The number of halogens is 3. The molecule has 8 nitrogen and oxygen atoms in total. The van der Waals surface area contributed by atoms with Crippen LogP contribution in [0.1, 0.15) is 50.2 Å². The fraction of sp³-hybridized carbons (Fsp3) is 0.500. The molecule has 0 radical (unpaired) electrons. The largest absolute Gasteiger partial charge is 0.416 e. The van der Waals surface area contributed by atoms with E-state index < -0.39 is 38.6 Å². The standard InChI is InChI=1S/C28H35F3N4O4S/c1-20-19-34(15-16-35(20)27(37)32-23-12-6-3-7-13-23)26(36)25(17-21-9-4-2-5-10-21)33-40(38,39)24-14-8-11-22(18-24)28(29,30)31/h2,4-5,8-11,14,18,20,23,25,33H,3,6-7,12-13,15-17,19H2,1H3,(H,32,37). The Bertz CT molecular complexity index is 1280. The molecule has 1 aliphatic heterocycles. The number of amides is 3. The van der Waals surface area contributed by atoms with Gasteiger partial charge in [0.25, 0.3) is 0 Å². The minimum absolute atomic E-state index is 0.00856. The second kappa shape index (κ2) is 12.6. The molecule has 3 amide bonds. The Morgan fingerprint density at radius 2 is 1.70 bits per heavy atom. The number of rotatable bonds is 7. The number of carbonyl (C=O) groups is 2. The Labute approximate surface area is 233 Å². The molecule has 1 aliphatic carbocycles. The number of benzene rings is 2. The first-order chi connectivity index (χ1) is 18.9. The van der Waals surface area contributed by atoms with Crippen LogP contribution in [-0.4, -0.2) is 67.9 Å². The number of urea groups is 1. The predicted molar refractivity (Wildman–Crippen MR) is 144 cm³/mol. The number of carbonyl (C=O) groups excluding carboxylic acids is 2. The third-order valence-electron chi connectivity index (χ3n) is 7.48. The lowest BCUT2D eigenvalue weighted by atomic mass is 9.96. The summed E-state index contributed by atoms with van der Waals surface area (Å²) < 4.78 is 68.4. The topological polar surface area (TPSA) is 98.8 Å². The molecule has 2 aliphatic rings. The van der Waals surface area contributed by atoms with Gasteiger partial charge in [-0.1, -0.05) is 55.7 Å². The number of piperazine rings is 1. The summed E-state index contributed by atoms with van der Waals surface area (Å²) in [5.41, 5.74) is -0.413. The van der Waals surface area contributed by atoms with Gasteiger partial charge in [0.15, 0.2) is 0 Å². The maximum absolute atomic E-state index is 13.7. The molecule has 218 valence electrons. The molecule has 2 fully saturated rings. The van der Waals surface area contributed by atoms with Crippen molar-refractivity contribution < 1.29 is 31.2 Å². The van der Waals surface area contributed by atoms with Crippen LogP contribution in [0, 0.1) is 0 Å². The first kappa shape index (κ1) is 29.9. The number of hydrogen-bond acceptors (Lipinski definition) is 4. The van der Waals surface area contributed by atoms with Crippen molar-refractivity contribution in [2.24, 2.45) is 0 Å². The van der Waals surface area contributed by atoms with Crippen molar-refractivity contribution >= 4 is 22.0 Å². The van der Waals surface area contributed by atoms with Gasteiger partial charge in [-0.2, -0.15) is 17.9 Å². The van der Waals surface area contributed by atoms with Gasteiger partial charge in [0.1, 0.15) is 6.04 Å². The fourth-order valence-electron chi connectivity index (χ4n) is 5.31. The Hall–Kier alpha value is -3.12. The summed E-state index contributed by atoms with van der Waals surface area (Å²) in [6.45, 7) is 2.52. The summed E-state index contributed by atoms with van der Waals surface area (Å²) in [5, 5.41) is 3.09. The summed E-state index contributed by atoms with van der Waals surface area (Å²) in [5.74, 6) is -0.501. The van der Waals surface area contributed by atoms with E-state index in [1.54, 1.807) is 35.2 Å². The highest BCUT2D eigenvalue weighted by molar-refractivity contribution is 7.89. The third-order valence-corrected chi connectivity index (χ3v) is 8.95. The maximum atomic E-state index is 13.7. The molecule has 1 heterocycles. The minimum Gasteiger partial charge on any atom is -0.337 e. The van der Waals surface area contributed by atoms with E-state index in [1.165, 1.54) is 11.3 Å². The van der Waals surface area contributed by atoms with Gasteiger partial charge in [-0.25, -0.2) is 13.2 Å². The van der Waals surface area contributed by atoms with Crippen LogP contribution in [0.3, 0.4) is 0 Å². The molecule has 12 heteroatoms. The number of alkyl halides is 3. The van der Waals surface area contributed by atoms with Crippen molar-refractivity contribution in [3.8, 4) is 0 Å². The van der Waals surface area contributed by atoms with Crippen LogP contribution in [0.5, 0.6) is 0 Å². The van der Waals surface area contributed by atoms with E-state index in [2.05, 4.69) is 10.0 Å². The van der Waals surface area contributed by atoms with E-state index >= 15 is 0 Å². The van der Waals surface area contributed by atoms with E-state index in [9.17, 15) is 31.2 Å². The molecule has 2 N–H and O–H groups in total. The van der Waals surface area contributed by atoms with Crippen LogP contribution >= 0.6 is 0 Å². The SMILES string of the molecule is CC1CN(C(=O)C(Cc2ccccc2)NS(=O)(=O)c2cccc(C(F)(F)F)c2)CCN1C(=O)NC1CCCCC1. The van der Waals surface area contributed by atoms with Crippen molar-refractivity contribution in [1.82, 2.24) is 19.8 Å². The van der Waals surface area contributed by atoms with E-state index in [0.29, 0.717) is 11.6 Å². The van der Waals surface area contributed by atoms with Crippen LogP contribution in [0.2, 0.25) is 0 Å².